The van der Waals surface area contributed by atoms with Crippen molar-refractivity contribution in [2.24, 2.45) is 111 Å². The normalized spacial score (nSPS) is 34.7. The van der Waals surface area contributed by atoms with E-state index >= 15 is 0 Å². The predicted molar refractivity (Wildman–Crippen MR) is 419 cm³/mol. The Balaban J connectivity index is 0.000000516. The van der Waals surface area contributed by atoms with E-state index in [0.29, 0.717) is 17.8 Å². The van der Waals surface area contributed by atoms with Crippen molar-refractivity contribution >= 4 is 16.7 Å². The van der Waals surface area contributed by atoms with E-state index in [1.807, 2.05) is 101 Å². The molecule has 0 N–H and O–H groups in total. The first-order valence-corrected chi connectivity index (χ1v) is 41.4. The molecule has 0 aromatic heterocycles. The van der Waals surface area contributed by atoms with Crippen LogP contribution in [0.4, 0.5) is 0 Å². The molecule has 15 fully saturated rings. The van der Waals surface area contributed by atoms with E-state index in [1.54, 1.807) is 89.9 Å². The fourth-order valence-corrected chi connectivity index (χ4v) is 20.4. The quantitative estimate of drug-likeness (QED) is 0.227. The fraction of sp³-hybridized carbons (Fsp3) is 0.813. The summed E-state index contributed by atoms with van der Waals surface area (Å²) in [5.41, 5.74) is 3.63. The van der Waals surface area contributed by atoms with Gasteiger partial charge in [0.2, 0.25) is 0 Å². The summed E-state index contributed by atoms with van der Waals surface area (Å²) < 4.78 is 5.38. The van der Waals surface area contributed by atoms with Crippen molar-refractivity contribution in [3.8, 4) is 0 Å². The molecule has 0 amide bonds. The Morgan fingerprint density at radius 3 is 1.09 bits per heavy atom. The van der Waals surface area contributed by atoms with Crippen molar-refractivity contribution in [2.45, 2.75) is 366 Å². The fourth-order valence-electron chi connectivity index (χ4n) is 20.4. The standard InChI is InChI=1S/2C12H20.C10H14O2.C10H8.C8H14.C7H14.C7H8.C6H12.C4H10.C3H8.6C2H6/c1-11-4-9-3-10(5-11)7-12(2,6-9)8-11;1-8-10-3-9-4-11(8)7-12(2,5-9)6-10;1-4-6-3-7-8(4)10(11)12-9(7)5(6)2;1-2-6-10-8-4-3-7-9(10)5-1;1-6-4-7-2-3-8(6)5-7;2*1-7-5-3-2-4-6-7;1-6-4-2-3-5-6;1-3-4-2;1-3-2;6*1-2/h9-10H,3-8H2,1-2H3;8-11H,3-7H2,1-2H3;4-9H,3H2,1-2H3;1-8H;6-8H,2-5H2,1H3;7H,2-6H2,1H3;2-6H,1H3;6H,2-5H2,1H3;3-4H2,1-2H3;3H2,1-2H3;6*1-2H3/t;;4-,5+,6?,7?,8?,9?;;6-,7?,8?;;;;;;;;;;;/m..0.1.........../s1. The van der Waals surface area contributed by atoms with Crippen LogP contribution in [0.2, 0.25) is 0 Å². The second-order valence-electron chi connectivity index (χ2n) is 31.9. The first-order valence-electron chi connectivity index (χ1n) is 41.4. The van der Waals surface area contributed by atoms with Crippen LogP contribution in [0.5, 0.6) is 0 Å². The number of ether oxygens (including phenoxy) is 1. The number of rotatable bonds is 1. The number of hydrogen-bond acceptors (Lipinski definition) is 2. The summed E-state index contributed by atoms with van der Waals surface area (Å²) in [6.45, 7) is 56.4. The number of carbonyl (C=O) groups is 1. The van der Waals surface area contributed by atoms with Crippen LogP contribution in [0, 0.1) is 118 Å². The van der Waals surface area contributed by atoms with Gasteiger partial charge in [-0.1, -0.05) is 341 Å². The molecule has 14 aliphatic carbocycles. The van der Waals surface area contributed by atoms with Gasteiger partial charge in [0.05, 0.1) is 5.92 Å². The topological polar surface area (TPSA) is 26.3 Å². The smallest absolute Gasteiger partial charge is 0.309 e. The van der Waals surface area contributed by atoms with Gasteiger partial charge >= 0.3 is 5.97 Å². The maximum absolute atomic E-state index is 11.4. The summed E-state index contributed by atoms with van der Waals surface area (Å²) in [4.78, 5) is 11.4. The van der Waals surface area contributed by atoms with Gasteiger partial charge in [-0.25, -0.2) is 0 Å². The highest BCUT2D eigenvalue weighted by atomic mass is 16.6. The van der Waals surface area contributed by atoms with Crippen LogP contribution in [0.1, 0.15) is 358 Å². The SMILES string of the molecule is CC.CC.CC.CC.CC.CC.CC12CC3CC(C1)CC(C)(C3)C2.CC1C2CC3CC1CC(C)(C3)C2.CC1CCCC1.CC1CCCCC1.CCC.CCCC.C[C@@H]1C2C(=O)OC3C2CC1[C@H]3C.C[C@@H]1CC2CCC1C2.Cc1ccccc1.c1ccc2ccccc2c1. The third-order valence-corrected chi connectivity index (χ3v) is 23.8. The lowest BCUT2D eigenvalue weighted by Crippen LogP contribution is -2.49. The van der Waals surface area contributed by atoms with Crippen molar-refractivity contribution in [2.75, 3.05) is 0 Å². The lowest BCUT2D eigenvalue weighted by atomic mass is 9.45. The molecule has 0 radical (unpaired) electrons. The molecule has 93 heavy (non-hydrogen) atoms. The highest BCUT2D eigenvalue weighted by molar-refractivity contribution is 5.82. The van der Waals surface area contributed by atoms with Crippen LogP contribution < -0.4 is 0 Å². The molecular formula is C91H164O2. The van der Waals surface area contributed by atoms with Crippen LogP contribution in [-0.2, 0) is 9.53 Å². The van der Waals surface area contributed by atoms with Crippen LogP contribution in [0.15, 0.2) is 78.9 Å². The third-order valence-electron chi connectivity index (χ3n) is 23.8. The number of esters is 1. The second kappa shape index (κ2) is 48.2. The van der Waals surface area contributed by atoms with Crippen LogP contribution in [0.3, 0.4) is 0 Å². The summed E-state index contributed by atoms with van der Waals surface area (Å²) in [5.74, 6) is 15.0. The molecule has 15 aliphatic rings. The maximum Gasteiger partial charge on any atom is 0.309 e. The molecule has 14 saturated carbocycles. The Morgan fingerprint density at radius 1 is 0.398 bits per heavy atom. The minimum Gasteiger partial charge on any atom is -0.462 e. The highest BCUT2D eigenvalue weighted by Gasteiger charge is 2.63. The molecule has 1 heterocycles. The van der Waals surface area contributed by atoms with Gasteiger partial charge in [0.25, 0.3) is 0 Å². The van der Waals surface area contributed by atoms with E-state index in [1.165, 1.54) is 106 Å². The Morgan fingerprint density at radius 2 is 0.796 bits per heavy atom. The van der Waals surface area contributed by atoms with Crippen LogP contribution in [-0.4, -0.2) is 12.1 Å². The Hall–Kier alpha value is -2.61. The number of fused-ring (bicyclic) bond motifs is 4. The maximum atomic E-state index is 11.4. The molecule has 3 aromatic rings. The van der Waals surface area contributed by atoms with Gasteiger partial charge in [-0.05, 0) is 213 Å². The Kier molecular flexibility index (Phi) is 45.8. The molecule has 18 rings (SSSR count). The predicted octanol–water partition coefficient (Wildman–Crippen LogP) is 30.0. The lowest BCUT2D eigenvalue weighted by molar-refractivity contribution is -0.144. The monoisotopic (exact) mass is 1290 g/mol. The third kappa shape index (κ3) is 29.0. The summed E-state index contributed by atoms with van der Waals surface area (Å²) in [6, 6.07) is 27.0. The zero-order valence-electron chi connectivity index (χ0n) is 67.4. The van der Waals surface area contributed by atoms with E-state index < -0.39 is 0 Å². The molecule has 8 unspecified atom stereocenters. The van der Waals surface area contributed by atoms with Crippen molar-refractivity contribution < 1.29 is 9.53 Å². The summed E-state index contributed by atoms with van der Waals surface area (Å²) in [6.07, 6.45) is 42.2. The summed E-state index contributed by atoms with van der Waals surface area (Å²) >= 11 is 0. The van der Waals surface area contributed by atoms with Gasteiger partial charge in [-0.2, -0.15) is 0 Å². The summed E-state index contributed by atoms with van der Waals surface area (Å²) in [7, 11) is 0. The van der Waals surface area contributed by atoms with Gasteiger partial charge in [-0.3, -0.25) is 4.79 Å². The van der Waals surface area contributed by atoms with Crippen LogP contribution in [0.25, 0.3) is 10.8 Å². The lowest BCUT2D eigenvalue weighted by Gasteiger charge is -2.60. The van der Waals surface area contributed by atoms with Crippen molar-refractivity contribution in [1.29, 1.82) is 0 Å². The van der Waals surface area contributed by atoms with E-state index in [2.05, 4.69) is 158 Å². The first kappa shape index (κ1) is 88.4. The molecular weight excluding hydrogens is 1120 g/mol. The molecule has 11 atom stereocenters. The van der Waals surface area contributed by atoms with E-state index in [0.717, 1.165) is 87.3 Å². The average Bonchev–Trinajstić information content (AvgIpc) is 1.70. The molecule has 1 aliphatic heterocycles. The first-order chi connectivity index (χ1) is 44.8. The number of aryl methyl sites for hydroxylation is 1. The zero-order valence-corrected chi connectivity index (χ0v) is 67.4. The minimum absolute atomic E-state index is 0.0874. The molecule has 12 bridgehead atoms. The minimum atomic E-state index is 0.0874. The molecule has 3 aromatic carbocycles. The number of benzene rings is 3. The zero-order chi connectivity index (χ0) is 70.3. The van der Waals surface area contributed by atoms with E-state index in [4.69, 9.17) is 4.74 Å². The Labute approximate surface area is 584 Å². The second-order valence-corrected chi connectivity index (χ2v) is 31.9. The molecule has 2 heteroatoms. The van der Waals surface area contributed by atoms with E-state index in [-0.39, 0.29) is 18.0 Å². The molecule has 0 spiro atoms. The number of hydrogen-bond donors (Lipinski definition) is 0. The van der Waals surface area contributed by atoms with Crippen molar-refractivity contribution in [1.82, 2.24) is 0 Å². The van der Waals surface area contributed by atoms with Gasteiger partial charge in [-0.15, -0.1) is 0 Å². The van der Waals surface area contributed by atoms with Crippen molar-refractivity contribution in [3.05, 3.63) is 84.4 Å². The summed E-state index contributed by atoms with van der Waals surface area (Å²) in [5, 5.41) is 2.62. The van der Waals surface area contributed by atoms with Gasteiger partial charge < -0.3 is 4.74 Å². The van der Waals surface area contributed by atoms with Gasteiger partial charge in [0.15, 0.2) is 0 Å². The number of unbranched alkanes of at least 4 members (excludes halogenated alkanes) is 1. The Bertz CT molecular complexity index is 2130. The van der Waals surface area contributed by atoms with Crippen LogP contribution >= 0.6 is 0 Å². The average molecular weight is 1290 g/mol. The largest absolute Gasteiger partial charge is 0.462 e. The highest BCUT2D eigenvalue weighted by Crippen LogP contribution is 2.65. The van der Waals surface area contributed by atoms with E-state index in [9.17, 15) is 4.79 Å². The van der Waals surface area contributed by atoms with Crippen molar-refractivity contribution in [3.63, 3.8) is 0 Å². The van der Waals surface area contributed by atoms with Gasteiger partial charge in [0.1, 0.15) is 6.10 Å². The molecule has 2 nitrogen and oxygen atoms in total. The van der Waals surface area contributed by atoms with Gasteiger partial charge in [0, 0.05) is 5.92 Å². The number of carbonyl (C=O) groups excluding carboxylic acids is 1. The molecule has 540 valence electrons. The molecule has 1 saturated heterocycles.